The first-order chi connectivity index (χ1) is 14.9. The third-order valence-electron chi connectivity index (χ3n) is 5.33. The molecular formula is C21H26N6O2S2. The highest BCUT2D eigenvalue weighted by Gasteiger charge is 2.15. The van der Waals surface area contributed by atoms with Gasteiger partial charge in [0, 0.05) is 17.1 Å². The minimum Gasteiger partial charge on any atom is -0.323 e. The lowest BCUT2D eigenvalue weighted by molar-refractivity contribution is 0.334. The first kappa shape index (κ1) is 21.9. The van der Waals surface area contributed by atoms with Gasteiger partial charge in [-0.2, -0.15) is 0 Å². The largest absolute Gasteiger partial charge is 0.323 e. The molecule has 1 aromatic heterocycles. The summed E-state index contributed by atoms with van der Waals surface area (Å²) in [5.74, 6) is 0.342. The zero-order valence-corrected chi connectivity index (χ0v) is 19.1. The number of hydrogen-bond acceptors (Lipinski definition) is 8. The molecule has 2 aromatic carbocycles. The number of benzene rings is 2. The molecule has 0 spiro atoms. The zero-order valence-electron chi connectivity index (χ0n) is 17.4. The van der Waals surface area contributed by atoms with Crippen molar-refractivity contribution < 1.29 is 8.42 Å². The van der Waals surface area contributed by atoms with E-state index in [2.05, 4.69) is 42.7 Å². The number of anilines is 2. The Morgan fingerprint density at radius 3 is 2.55 bits per heavy atom. The second kappa shape index (κ2) is 9.47. The van der Waals surface area contributed by atoms with Crippen molar-refractivity contribution in [1.29, 1.82) is 0 Å². The number of nitrogens with zero attached hydrogens (tertiary/aromatic N) is 4. The monoisotopic (exact) mass is 458 g/mol. The van der Waals surface area contributed by atoms with Crippen LogP contribution >= 0.6 is 12.6 Å². The van der Waals surface area contributed by atoms with Gasteiger partial charge in [0.1, 0.15) is 5.52 Å². The van der Waals surface area contributed by atoms with E-state index in [1.54, 1.807) is 24.3 Å². The summed E-state index contributed by atoms with van der Waals surface area (Å²) < 4.78 is 27.7. The molecule has 31 heavy (non-hydrogen) atoms. The second-order valence-electron chi connectivity index (χ2n) is 7.71. The summed E-state index contributed by atoms with van der Waals surface area (Å²) in [5.41, 5.74) is 3.06. The van der Waals surface area contributed by atoms with E-state index in [0.29, 0.717) is 29.2 Å². The maximum Gasteiger partial charge on any atom is 0.247 e. The first-order valence-electron chi connectivity index (χ1n) is 10.3. The van der Waals surface area contributed by atoms with Gasteiger partial charge in [0.05, 0.1) is 10.4 Å². The van der Waals surface area contributed by atoms with Crippen LogP contribution in [-0.2, 0) is 10.0 Å². The molecule has 10 heteroatoms. The van der Waals surface area contributed by atoms with E-state index >= 15 is 0 Å². The highest BCUT2D eigenvalue weighted by Crippen LogP contribution is 2.21. The van der Waals surface area contributed by atoms with Crippen molar-refractivity contribution in [3.05, 3.63) is 42.0 Å². The minimum absolute atomic E-state index is 0.230. The Hall–Kier alpha value is -2.27. The van der Waals surface area contributed by atoms with Crippen LogP contribution in [0.5, 0.6) is 0 Å². The Balaban J connectivity index is 1.37. The van der Waals surface area contributed by atoms with Crippen LogP contribution in [0, 0.1) is 6.92 Å². The van der Waals surface area contributed by atoms with Gasteiger partial charge < -0.3 is 10.2 Å². The average Bonchev–Trinajstić information content (AvgIpc) is 3.26. The van der Waals surface area contributed by atoms with E-state index < -0.39 is 10.0 Å². The van der Waals surface area contributed by atoms with Crippen LogP contribution in [0.1, 0.15) is 24.8 Å². The molecule has 2 heterocycles. The lowest BCUT2D eigenvalue weighted by Gasteiger charge is -2.14. The molecule has 4 rings (SSSR count). The number of aromatic nitrogens is 3. The molecule has 0 amide bonds. The maximum absolute atomic E-state index is 12.5. The lowest BCUT2D eigenvalue weighted by atomic mass is 10.2. The molecule has 0 unspecified atom stereocenters. The number of rotatable bonds is 8. The summed E-state index contributed by atoms with van der Waals surface area (Å²) in [4.78, 5) is 7.91. The maximum atomic E-state index is 12.5. The molecule has 1 aliphatic rings. The van der Waals surface area contributed by atoms with E-state index in [-0.39, 0.29) is 4.90 Å². The van der Waals surface area contributed by atoms with E-state index in [1.165, 1.54) is 12.8 Å². The smallest absolute Gasteiger partial charge is 0.247 e. The second-order valence-corrected chi connectivity index (χ2v) is 9.96. The summed E-state index contributed by atoms with van der Waals surface area (Å²) in [6, 6.07) is 10.2. The van der Waals surface area contributed by atoms with Crippen LogP contribution < -0.4 is 10.0 Å². The normalized spacial score (nSPS) is 14.9. The first-order valence-corrected chi connectivity index (χ1v) is 12.3. The summed E-state index contributed by atoms with van der Waals surface area (Å²) >= 11 is 4.39. The topological polar surface area (TPSA) is 100 Å². The fourth-order valence-electron chi connectivity index (χ4n) is 3.58. The van der Waals surface area contributed by atoms with Crippen molar-refractivity contribution in [3.63, 3.8) is 0 Å². The average molecular weight is 459 g/mol. The van der Waals surface area contributed by atoms with Gasteiger partial charge in [-0.25, -0.2) is 18.1 Å². The van der Waals surface area contributed by atoms with Crippen LogP contribution in [0.3, 0.4) is 0 Å². The van der Waals surface area contributed by atoms with Crippen LogP contribution in [0.25, 0.3) is 11.0 Å². The summed E-state index contributed by atoms with van der Waals surface area (Å²) in [7, 11) is -3.53. The molecule has 0 radical (unpaired) electrons. The molecule has 164 valence electrons. The van der Waals surface area contributed by atoms with Gasteiger partial charge in [0.15, 0.2) is 0 Å². The van der Waals surface area contributed by atoms with Gasteiger partial charge in [0.2, 0.25) is 16.0 Å². The van der Waals surface area contributed by atoms with Crippen molar-refractivity contribution in [2.75, 3.05) is 31.5 Å². The van der Waals surface area contributed by atoms with Crippen LogP contribution in [0.4, 0.5) is 11.6 Å². The van der Waals surface area contributed by atoms with Crippen molar-refractivity contribution >= 4 is 45.3 Å². The zero-order chi connectivity index (χ0) is 21.8. The van der Waals surface area contributed by atoms with Crippen LogP contribution in [-0.4, -0.2) is 54.7 Å². The molecule has 1 aliphatic heterocycles. The van der Waals surface area contributed by atoms with Gasteiger partial charge in [-0.3, -0.25) is 0 Å². The number of aryl methyl sites for hydroxylation is 1. The molecule has 0 saturated carbocycles. The Morgan fingerprint density at radius 2 is 1.81 bits per heavy atom. The van der Waals surface area contributed by atoms with E-state index in [4.69, 9.17) is 0 Å². The number of likely N-dealkylation sites (tertiary alicyclic amines) is 1. The van der Waals surface area contributed by atoms with Gasteiger partial charge in [-0.15, -0.1) is 22.8 Å². The highest BCUT2D eigenvalue weighted by atomic mass is 32.2. The third-order valence-corrected chi connectivity index (χ3v) is 7.29. The number of hydrogen-bond donors (Lipinski definition) is 3. The van der Waals surface area contributed by atoms with Gasteiger partial charge in [-0.1, -0.05) is 0 Å². The van der Waals surface area contributed by atoms with Crippen molar-refractivity contribution in [2.24, 2.45) is 0 Å². The van der Waals surface area contributed by atoms with Crippen molar-refractivity contribution in [1.82, 2.24) is 24.8 Å². The summed E-state index contributed by atoms with van der Waals surface area (Å²) in [6.07, 6.45) is 3.28. The number of fused-ring (bicyclic) bond motifs is 1. The number of sulfonamides is 1. The number of nitrogens with one attached hydrogen (secondary N) is 2. The molecule has 3 aromatic rings. The Bertz CT molecular complexity index is 1160. The third kappa shape index (κ3) is 5.51. The van der Waals surface area contributed by atoms with Gasteiger partial charge in [0.25, 0.3) is 0 Å². The lowest BCUT2D eigenvalue weighted by Crippen LogP contribution is -2.28. The van der Waals surface area contributed by atoms with Crippen LogP contribution in [0.15, 0.2) is 46.2 Å². The molecule has 0 aliphatic carbocycles. The van der Waals surface area contributed by atoms with Crippen molar-refractivity contribution in [3.8, 4) is 0 Å². The van der Waals surface area contributed by atoms with E-state index in [9.17, 15) is 8.42 Å². The Kier molecular flexibility index (Phi) is 6.71. The fourth-order valence-corrected chi connectivity index (χ4v) is 4.84. The Morgan fingerprint density at radius 1 is 1.06 bits per heavy atom. The highest BCUT2D eigenvalue weighted by molar-refractivity contribution is 7.89. The fraction of sp³-hybridized carbons (Fsp3) is 0.381. The predicted octanol–water partition coefficient (Wildman–Crippen LogP) is 3.13. The van der Waals surface area contributed by atoms with E-state index in [0.717, 1.165) is 36.5 Å². The van der Waals surface area contributed by atoms with E-state index in [1.807, 2.05) is 19.1 Å². The number of thiol groups is 1. The SMILES string of the molecule is Cc1cc2nc(Nc3ccc(S(=O)(=O)NCCCN4CCCC4)cc3)nnc2cc1S. The molecule has 1 saturated heterocycles. The Labute approximate surface area is 187 Å². The summed E-state index contributed by atoms with van der Waals surface area (Å²) in [6.45, 7) is 5.56. The molecule has 0 bridgehead atoms. The minimum atomic E-state index is -3.53. The predicted molar refractivity (Wildman–Crippen MR) is 125 cm³/mol. The van der Waals surface area contributed by atoms with Gasteiger partial charge >= 0.3 is 0 Å². The quantitative estimate of drug-likeness (QED) is 0.352. The molecule has 1 fully saturated rings. The van der Waals surface area contributed by atoms with Gasteiger partial charge in [-0.05, 0) is 87.8 Å². The molecule has 8 nitrogen and oxygen atoms in total. The molecule has 0 atom stereocenters. The van der Waals surface area contributed by atoms with Crippen molar-refractivity contribution in [2.45, 2.75) is 36.0 Å². The molecule has 2 N–H and O–H groups in total. The van der Waals surface area contributed by atoms with Crippen LogP contribution in [0.2, 0.25) is 0 Å². The summed E-state index contributed by atoms with van der Waals surface area (Å²) in [5, 5.41) is 11.3. The standard InChI is InChI=1S/C21H26N6O2S2/c1-15-13-18-19(14-20(15)30)25-26-21(24-18)23-16-5-7-17(8-6-16)31(28,29)22-9-4-12-27-10-2-3-11-27/h5-8,13-14,22,30H,2-4,9-12H2,1H3,(H,23,24,26). The molecular weight excluding hydrogens is 432 g/mol.